The summed E-state index contributed by atoms with van der Waals surface area (Å²) >= 11 is 0. The molecule has 0 bridgehead atoms. The number of nitrogens with one attached hydrogen (secondary N) is 2. The second kappa shape index (κ2) is 8.21. The third kappa shape index (κ3) is 4.89. The number of amides is 2. The van der Waals surface area contributed by atoms with Crippen LogP contribution in [0.15, 0.2) is 42.5 Å². The third-order valence-corrected chi connectivity index (χ3v) is 3.48. The van der Waals surface area contributed by atoms with E-state index in [4.69, 9.17) is 5.11 Å². The molecule has 2 amide bonds. The normalized spacial score (nSPS) is 10.3. The minimum absolute atomic E-state index is 0.0211. The van der Waals surface area contributed by atoms with Gasteiger partial charge in [-0.15, -0.1) is 0 Å². The Morgan fingerprint density at radius 2 is 1.71 bits per heavy atom. The molecular formula is C18H19FN2O3. The summed E-state index contributed by atoms with van der Waals surface area (Å²) in [6.45, 7) is 1.99. The maximum absolute atomic E-state index is 13.6. The van der Waals surface area contributed by atoms with Crippen molar-refractivity contribution in [3.05, 3.63) is 65.0 Å². The van der Waals surface area contributed by atoms with E-state index in [0.29, 0.717) is 6.42 Å². The van der Waals surface area contributed by atoms with Crippen LogP contribution in [0.2, 0.25) is 0 Å². The van der Waals surface area contributed by atoms with Gasteiger partial charge in [0.1, 0.15) is 5.82 Å². The van der Waals surface area contributed by atoms with E-state index in [1.807, 2.05) is 12.1 Å². The zero-order valence-corrected chi connectivity index (χ0v) is 13.3. The van der Waals surface area contributed by atoms with Crippen LogP contribution >= 0.6 is 0 Å². The van der Waals surface area contributed by atoms with Crippen molar-refractivity contribution >= 4 is 17.5 Å². The minimum atomic E-state index is -0.909. The molecule has 0 saturated carbocycles. The van der Waals surface area contributed by atoms with Gasteiger partial charge in [0.15, 0.2) is 0 Å². The summed E-state index contributed by atoms with van der Waals surface area (Å²) in [7, 11) is 0. The summed E-state index contributed by atoms with van der Waals surface area (Å²) in [5.74, 6) is -2.31. The van der Waals surface area contributed by atoms with Crippen molar-refractivity contribution in [2.24, 2.45) is 0 Å². The van der Waals surface area contributed by atoms with Crippen LogP contribution < -0.4 is 10.6 Å². The number of hydrogen-bond donors (Lipinski definition) is 3. The van der Waals surface area contributed by atoms with Crippen molar-refractivity contribution in [2.45, 2.75) is 20.0 Å². The fraction of sp³-hybridized carbons (Fsp3) is 0.222. The molecule has 0 fully saturated rings. The molecule has 2 aromatic rings. The number of aryl methyl sites for hydroxylation is 1. The highest BCUT2D eigenvalue weighted by Crippen LogP contribution is 2.14. The number of carbonyl (C=O) groups excluding carboxylic acids is 2. The molecule has 5 nitrogen and oxygen atoms in total. The van der Waals surface area contributed by atoms with Gasteiger partial charge in [-0.2, -0.15) is 0 Å². The van der Waals surface area contributed by atoms with Crippen LogP contribution in [0.4, 0.5) is 10.1 Å². The molecule has 0 saturated heterocycles. The molecule has 0 atom stereocenters. The number of halogens is 1. The van der Waals surface area contributed by atoms with E-state index < -0.39 is 17.6 Å². The molecule has 126 valence electrons. The number of aliphatic hydroxyl groups excluding tert-OH is 1. The Labute approximate surface area is 139 Å². The molecule has 0 aliphatic rings. The molecule has 0 aromatic heterocycles. The lowest BCUT2D eigenvalue weighted by Gasteiger charge is -2.08. The highest BCUT2D eigenvalue weighted by molar-refractivity contribution is 6.39. The zero-order valence-electron chi connectivity index (χ0n) is 13.3. The third-order valence-electron chi connectivity index (χ3n) is 3.48. The van der Waals surface area contributed by atoms with Gasteiger partial charge in [-0.1, -0.05) is 30.3 Å². The van der Waals surface area contributed by atoms with Gasteiger partial charge in [0, 0.05) is 6.54 Å². The van der Waals surface area contributed by atoms with Crippen LogP contribution in [0, 0.1) is 12.7 Å². The van der Waals surface area contributed by atoms with Crippen molar-refractivity contribution in [1.82, 2.24) is 5.32 Å². The predicted octanol–water partition coefficient (Wildman–Crippen LogP) is 1.92. The van der Waals surface area contributed by atoms with Gasteiger partial charge >= 0.3 is 11.8 Å². The van der Waals surface area contributed by atoms with Gasteiger partial charge < -0.3 is 15.7 Å². The zero-order chi connectivity index (χ0) is 17.5. The smallest absolute Gasteiger partial charge is 0.313 e. The first-order valence-corrected chi connectivity index (χ1v) is 7.53. The van der Waals surface area contributed by atoms with Gasteiger partial charge in [-0.3, -0.25) is 9.59 Å². The van der Waals surface area contributed by atoms with E-state index in [-0.39, 0.29) is 18.8 Å². The number of anilines is 1. The van der Waals surface area contributed by atoms with Crippen LogP contribution in [0.5, 0.6) is 0 Å². The van der Waals surface area contributed by atoms with E-state index >= 15 is 0 Å². The first-order valence-electron chi connectivity index (χ1n) is 7.53. The number of rotatable bonds is 5. The lowest BCUT2D eigenvalue weighted by atomic mass is 10.1. The standard InChI is InChI=1S/C18H19FN2O3/c1-12-2-7-16(15(19)10-12)21-18(24)17(23)20-9-8-13-3-5-14(11-22)6-4-13/h2-7,10,22H,8-9,11H2,1H3,(H,20,23)(H,21,24). The Morgan fingerprint density at radius 3 is 2.33 bits per heavy atom. The van der Waals surface area contributed by atoms with Crippen molar-refractivity contribution < 1.29 is 19.1 Å². The highest BCUT2D eigenvalue weighted by atomic mass is 19.1. The van der Waals surface area contributed by atoms with Crippen LogP contribution in [0.1, 0.15) is 16.7 Å². The SMILES string of the molecule is Cc1ccc(NC(=O)C(=O)NCCc2ccc(CO)cc2)c(F)c1. The largest absolute Gasteiger partial charge is 0.392 e. The molecular weight excluding hydrogens is 311 g/mol. The molecule has 6 heteroatoms. The minimum Gasteiger partial charge on any atom is -0.392 e. The molecule has 0 unspecified atom stereocenters. The van der Waals surface area contributed by atoms with Crippen molar-refractivity contribution in [3.63, 3.8) is 0 Å². The van der Waals surface area contributed by atoms with Crippen molar-refractivity contribution in [1.29, 1.82) is 0 Å². The average Bonchev–Trinajstić information content (AvgIpc) is 2.57. The first kappa shape index (κ1) is 17.6. The lowest BCUT2D eigenvalue weighted by molar-refractivity contribution is -0.136. The van der Waals surface area contributed by atoms with Crippen molar-refractivity contribution in [2.75, 3.05) is 11.9 Å². The summed E-state index contributed by atoms with van der Waals surface area (Å²) in [6, 6.07) is 11.6. The Hall–Kier alpha value is -2.73. The average molecular weight is 330 g/mol. The Bertz CT molecular complexity index is 730. The van der Waals surface area contributed by atoms with E-state index in [1.165, 1.54) is 12.1 Å². The lowest BCUT2D eigenvalue weighted by Crippen LogP contribution is -2.36. The summed E-state index contributed by atoms with van der Waals surface area (Å²) in [5.41, 5.74) is 2.47. The second-order valence-electron chi connectivity index (χ2n) is 5.42. The maximum atomic E-state index is 13.6. The molecule has 0 aliphatic heterocycles. The fourth-order valence-corrected chi connectivity index (χ4v) is 2.11. The van der Waals surface area contributed by atoms with Crippen molar-refractivity contribution in [3.8, 4) is 0 Å². The van der Waals surface area contributed by atoms with Crippen LogP contribution in [0.3, 0.4) is 0 Å². The number of benzene rings is 2. The molecule has 24 heavy (non-hydrogen) atoms. The van der Waals surface area contributed by atoms with Gasteiger partial charge in [0.2, 0.25) is 0 Å². The summed E-state index contributed by atoms with van der Waals surface area (Å²) in [5, 5.41) is 13.7. The molecule has 2 aromatic carbocycles. The van der Waals surface area contributed by atoms with Crippen LogP contribution in [-0.2, 0) is 22.6 Å². The molecule has 3 N–H and O–H groups in total. The molecule has 0 spiro atoms. The monoisotopic (exact) mass is 330 g/mol. The highest BCUT2D eigenvalue weighted by Gasteiger charge is 2.15. The second-order valence-corrected chi connectivity index (χ2v) is 5.42. The summed E-state index contributed by atoms with van der Waals surface area (Å²) in [6.07, 6.45) is 0.545. The van der Waals surface area contributed by atoms with E-state index in [9.17, 15) is 14.0 Å². The van der Waals surface area contributed by atoms with E-state index in [2.05, 4.69) is 10.6 Å². The van der Waals surface area contributed by atoms with Crippen LogP contribution in [-0.4, -0.2) is 23.5 Å². The van der Waals surface area contributed by atoms with Gasteiger partial charge in [0.25, 0.3) is 0 Å². The van der Waals surface area contributed by atoms with Gasteiger partial charge in [-0.25, -0.2) is 4.39 Å². The molecule has 2 rings (SSSR count). The summed E-state index contributed by atoms with van der Waals surface area (Å²) in [4.78, 5) is 23.5. The fourth-order valence-electron chi connectivity index (χ4n) is 2.11. The Morgan fingerprint density at radius 1 is 1.04 bits per heavy atom. The van der Waals surface area contributed by atoms with Crippen LogP contribution in [0.25, 0.3) is 0 Å². The molecule has 0 aliphatic carbocycles. The maximum Gasteiger partial charge on any atom is 0.313 e. The van der Waals surface area contributed by atoms with E-state index in [1.54, 1.807) is 25.1 Å². The molecule has 0 heterocycles. The summed E-state index contributed by atoms with van der Waals surface area (Å²) < 4.78 is 13.6. The van der Waals surface area contributed by atoms with Gasteiger partial charge in [-0.05, 0) is 42.2 Å². The quantitative estimate of drug-likeness (QED) is 0.733. The number of hydrogen-bond acceptors (Lipinski definition) is 3. The number of aliphatic hydroxyl groups is 1. The predicted molar refractivity (Wildman–Crippen MR) is 88.8 cm³/mol. The Balaban J connectivity index is 1.81. The number of carbonyl (C=O) groups is 2. The van der Waals surface area contributed by atoms with Gasteiger partial charge in [0.05, 0.1) is 12.3 Å². The van der Waals surface area contributed by atoms with E-state index in [0.717, 1.165) is 16.7 Å². The topological polar surface area (TPSA) is 78.4 Å². The Kier molecular flexibility index (Phi) is 6.03. The molecule has 0 radical (unpaired) electrons. The first-order chi connectivity index (χ1) is 11.5.